The van der Waals surface area contributed by atoms with Gasteiger partial charge < -0.3 is 33.9 Å². The zero-order valence-corrected chi connectivity index (χ0v) is 26.5. The molecule has 0 radical (unpaired) electrons. The van der Waals surface area contributed by atoms with Gasteiger partial charge in [0.15, 0.2) is 0 Å². The van der Waals surface area contributed by atoms with Gasteiger partial charge in [-0.05, 0) is 73.1 Å². The van der Waals surface area contributed by atoms with Gasteiger partial charge in [-0.3, -0.25) is 0 Å². The summed E-state index contributed by atoms with van der Waals surface area (Å²) in [6, 6.07) is 0. The van der Waals surface area contributed by atoms with Crippen LogP contribution < -0.4 is 0 Å². The first-order valence-electron chi connectivity index (χ1n) is 14.3. The third-order valence-corrected chi connectivity index (χ3v) is 7.24. The second-order valence-corrected chi connectivity index (χ2v) is 12.0. The van der Waals surface area contributed by atoms with Crippen molar-refractivity contribution in [2.24, 2.45) is 11.3 Å². The van der Waals surface area contributed by atoms with Crippen LogP contribution in [-0.4, -0.2) is 91.1 Å². The number of aliphatic hydroxyl groups excluding tert-OH is 2. The van der Waals surface area contributed by atoms with Gasteiger partial charge >= 0.3 is 6.16 Å². The molecule has 0 heterocycles. The highest BCUT2D eigenvalue weighted by Gasteiger charge is 2.40. The highest BCUT2D eigenvalue weighted by molar-refractivity contribution is 5.60. The Labute approximate surface area is 236 Å². The molecular formula is C29H58O10. The monoisotopic (exact) mass is 566 g/mol. The Balaban J connectivity index is 4.54. The molecule has 0 aromatic rings. The summed E-state index contributed by atoms with van der Waals surface area (Å²) >= 11 is 0. The van der Waals surface area contributed by atoms with E-state index in [0.29, 0.717) is 0 Å². The minimum atomic E-state index is -0.811. The van der Waals surface area contributed by atoms with E-state index in [0.717, 1.165) is 12.8 Å². The molecule has 0 rings (SSSR count). The van der Waals surface area contributed by atoms with Gasteiger partial charge in [-0.15, -0.1) is 0 Å². The van der Waals surface area contributed by atoms with E-state index < -0.39 is 36.2 Å². The van der Waals surface area contributed by atoms with Crippen molar-refractivity contribution in [2.45, 2.75) is 144 Å². The second-order valence-electron chi connectivity index (χ2n) is 12.0. The first-order chi connectivity index (χ1) is 17.9. The molecule has 0 amide bonds. The summed E-state index contributed by atoms with van der Waals surface area (Å²) in [4.78, 5) is 23.5. The Morgan fingerprint density at radius 3 is 1.67 bits per heavy atom. The molecule has 0 aliphatic carbocycles. The van der Waals surface area contributed by atoms with Gasteiger partial charge in [-0.25, -0.2) is 14.6 Å². The molecule has 9 unspecified atom stereocenters. The molecule has 0 aromatic carbocycles. The number of hydrogen-bond acceptors (Lipinski definition) is 10. The third-order valence-electron chi connectivity index (χ3n) is 7.24. The molecule has 0 saturated heterocycles. The fraction of sp³-hybridized carbons (Fsp3) is 0.966. The van der Waals surface area contributed by atoms with Gasteiger partial charge in [0.05, 0.1) is 50.3 Å². The van der Waals surface area contributed by atoms with E-state index >= 15 is 0 Å². The van der Waals surface area contributed by atoms with Crippen LogP contribution in [0.2, 0.25) is 0 Å². The molecule has 0 bridgehead atoms. The van der Waals surface area contributed by atoms with E-state index in [2.05, 4.69) is 20.8 Å². The zero-order valence-electron chi connectivity index (χ0n) is 26.5. The lowest BCUT2D eigenvalue weighted by Gasteiger charge is -2.38. The predicted molar refractivity (Wildman–Crippen MR) is 149 cm³/mol. The molecule has 0 aliphatic heterocycles. The first-order valence-corrected chi connectivity index (χ1v) is 14.3. The van der Waals surface area contributed by atoms with Crippen molar-refractivity contribution in [3.8, 4) is 0 Å². The molecule has 9 atom stereocenters. The van der Waals surface area contributed by atoms with E-state index in [4.69, 9.17) is 33.5 Å². The molecule has 10 nitrogen and oxygen atoms in total. The van der Waals surface area contributed by atoms with Gasteiger partial charge in [0.2, 0.25) is 0 Å². The zero-order chi connectivity index (χ0) is 30.4. The van der Waals surface area contributed by atoms with Gasteiger partial charge in [0, 0.05) is 0 Å². The number of hydrogen-bond donors (Lipinski definition) is 2. The lowest BCUT2D eigenvalue weighted by molar-refractivity contribution is -0.392. The van der Waals surface area contributed by atoms with E-state index in [-0.39, 0.29) is 56.1 Å². The van der Waals surface area contributed by atoms with Crippen molar-refractivity contribution in [2.75, 3.05) is 26.4 Å². The van der Waals surface area contributed by atoms with Crippen LogP contribution in [0.15, 0.2) is 0 Å². The Hall–Kier alpha value is -1.01. The molecule has 0 aromatic heterocycles. The molecule has 234 valence electrons. The van der Waals surface area contributed by atoms with Crippen LogP contribution in [0.5, 0.6) is 0 Å². The maximum atomic E-state index is 12.2. The number of carbonyl (C=O) groups is 1. The molecule has 2 N–H and O–H groups in total. The molecule has 0 spiro atoms. The third kappa shape index (κ3) is 15.5. The van der Waals surface area contributed by atoms with E-state index in [9.17, 15) is 15.0 Å². The van der Waals surface area contributed by atoms with E-state index in [1.54, 1.807) is 27.7 Å². The Kier molecular flexibility index (Phi) is 18.0. The van der Waals surface area contributed by atoms with Crippen LogP contribution in [0.3, 0.4) is 0 Å². The predicted octanol–water partition coefficient (Wildman–Crippen LogP) is 5.06. The largest absolute Gasteiger partial charge is 0.508 e. The standard InChI is InChI=1S/C29H58O10/c1-13-19(2)29(12,26(9)35-16-21(4)31)39-36-18-24(7)38-27(32)37-23(6)17-33-22(5)14-28(10,11)25(8)34-15-20(3)30/h19-26,30-31H,13-18H2,1-12H3. The number of carbonyl (C=O) groups excluding carboxylic acids is 1. The van der Waals surface area contributed by atoms with Gasteiger partial charge in [-0.2, -0.15) is 0 Å². The van der Waals surface area contributed by atoms with Crippen LogP contribution in [0.1, 0.15) is 95.9 Å². The van der Waals surface area contributed by atoms with E-state index in [1.165, 1.54) is 0 Å². The maximum absolute atomic E-state index is 12.2. The quantitative estimate of drug-likeness (QED) is 0.111. The fourth-order valence-electron chi connectivity index (χ4n) is 3.86. The van der Waals surface area contributed by atoms with Crippen molar-refractivity contribution < 1.29 is 48.5 Å². The second kappa shape index (κ2) is 18.4. The van der Waals surface area contributed by atoms with Crippen molar-refractivity contribution in [3.63, 3.8) is 0 Å². The Morgan fingerprint density at radius 2 is 1.18 bits per heavy atom. The van der Waals surface area contributed by atoms with Crippen molar-refractivity contribution in [3.05, 3.63) is 0 Å². The topological polar surface area (TPSA) is 122 Å². The smallest absolute Gasteiger partial charge is 0.429 e. The number of rotatable bonds is 21. The lowest BCUT2D eigenvalue weighted by Crippen LogP contribution is -2.48. The van der Waals surface area contributed by atoms with Gasteiger partial charge in [-0.1, -0.05) is 34.1 Å². The normalized spacial score (nSPS) is 20.2. The van der Waals surface area contributed by atoms with Crippen LogP contribution in [0, 0.1) is 11.3 Å². The molecule has 0 aliphatic rings. The average molecular weight is 567 g/mol. The molecule has 0 saturated carbocycles. The van der Waals surface area contributed by atoms with Gasteiger partial charge in [0.1, 0.15) is 24.4 Å². The first kappa shape index (κ1) is 38.0. The van der Waals surface area contributed by atoms with Crippen molar-refractivity contribution >= 4 is 6.16 Å². The molecular weight excluding hydrogens is 508 g/mol. The Bertz CT molecular complexity index is 656. The summed E-state index contributed by atoms with van der Waals surface area (Å²) in [5.41, 5.74) is -0.927. The summed E-state index contributed by atoms with van der Waals surface area (Å²) in [7, 11) is 0. The minimum absolute atomic E-state index is 0.0105. The fourth-order valence-corrected chi connectivity index (χ4v) is 3.86. The minimum Gasteiger partial charge on any atom is -0.429 e. The van der Waals surface area contributed by atoms with Crippen LogP contribution in [-0.2, 0) is 33.5 Å². The summed E-state index contributed by atoms with van der Waals surface area (Å²) < 4.78 is 28.1. The average Bonchev–Trinajstić information content (AvgIpc) is 2.83. The summed E-state index contributed by atoms with van der Waals surface area (Å²) in [6.45, 7) is 23.5. The van der Waals surface area contributed by atoms with Gasteiger partial charge in [0.25, 0.3) is 0 Å². The highest BCUT2D eigenvalue weighted by atomic mass is 17.2. The molecule has 39 heavy (non-hydrogen) atoms. The van der Waals surface area contributed by atoms with Crippen molar-refractivity contribution in [1.82, 2.24) is 0 Å². The molecule has 0 fully saturated rings. The van der Waals surface area contributed by atoms with Crippen LogP contribution in [0.25, 0.3) is 0 Å². The lowest BCUT2D eigenvalue weighted by atomic mass is 9.82. The molecule has 10 heteroatoms. The number of ether oxygens (including phenoxy) is 5. The summed E-state index contributed by atoms with van der Waals surface area (Å²) in [5, 5.41) is 19.0. The Morgan fingerprint density at radius 1 is 0.692 bits per heavy atom. The van der Waals surface area contributed by atoms with E-state index in [1.807, 2.05) is 34.6 Å². The highest BCUT2D eigenvalue weighted by Crippen LogP contribution is 2.31. The summed E-state index contributed by atoms with van der Waals surface area (Å²) in [6.07, 6.45) is -1.92. The van der Waals surface area contributed by atoms with Crippen LogP contribution in [0.4, 0.5) is 4.79 Å². The SMILES string of the molecule is CCC(C)C(C)(OOCC(C)OC(=O)OC(C)COC(C)CC(C)(C)C(C)OCC(C)O)C(C)OCC(C)O. The maximum Gasteiger partial charge on any atom is 0.508 e. The van der Waals surface area contributed by atoms with Crippen molar-refractivity contribution in [1.29, 1.82) is 0 Å². The van der Waals surface area contributed by atoms with Crippen LogP contribution >= 0.6 is 0 Å². The number of aliphatic hydroxyl groups is 2. The summed E-state index contributed by atoms with van der Waals surface area (Å²) in [5.74, 6) is 0.108.